The van der Waals surface area contributed by atoms with Crippen LogP contribution in [0.25, 0.3) is 22.2 Å². The highest BCUT2D eigenvalue weighted by molar-refractivity contribution is 5.83. The molecule has 3 aromatic rings. The highest BCUT2D eigenvalue weighted by atomic mass is 19.4. The Balaban J connectivity index is 2.10. The van der Waals surface area contributed by atoms with Gasteiger partial charge in [-0.2, -0.15) is 13.2 Å². The van der Waals surface area contributed by atoms with Gasteiger partial charge in [-0.1, -0.05) is 30.3 Å². The molecule has 0 aliphatic carbocycles. The van der Waals surface area contributed by atoms with E-state index < -0.39 is 11.7 Å². The average molecular weight is 288 g/mol. The van der Waals surface area contributed by atoms with Gasteiger partial charge in [0.05, 0.1) is 16.8 Å². The van der Waals surface area contributed by atoms with Crippen LogP contribution in [0.4, 0.5) is 18.9 Å². The quantitative estimate of drug-likeness (QED) is 0.669. The molecular weight excluding hydrogens is 277 g/mol. The summed E-state index contributed by atoms with van der Waals surface area (Å²) < 4.78 is 37.9. The second-order valence-corrected chi connectivity index (χ2v) is 4.69. The fraction of sp³-hybridized carbons (Fsp3) is 0.0625. The lowest BCUT2D eigenvalue weighted by molar-refractivity contribution is -0.137. The third kappa shape index (κ3) is 2.54. The van der Waals surface area contributed by atoms with E-state index in [1.54, 1.807) is 6.07 Å². The van der Waals surface area contributed by atoms with Crippen molar-refractivity contribution in [2.24, 2.45) is 0 Å². The van der Waals surface area contributed by atoms with Crippen LogP contribution in [0.3, 0.4) is 0 Å². The van der Waals surface area contributed by atoms with Gasteiger partial charge in [-0.05, 0) is 24.3 Å². The van der Waals surface area contributed by atoms with Gasteiger partial charge < -0.3 is 5.73 Å². The average Bonchev–Trinajstić information content (AvgIpc) is 2.45. The summed E-state index contributed by atoms with van der Waals surface area (Å²) in [4.78, 5) is 4.44. The molecule has 0 atom stereocenters. The van der Waals surface area contributed by atoms with E-state index in [0.29, 0.717) is 11.3 Å². The summed E-state index contributed by atoms with van der Waals surface area (Å²) in [6.45, 7) is 0. The van der Waals surface area contributed by atoms with Gasteiger partial charge in [-0.3, -0.25) is 0 Å². The van der Waals surface area contributed by atoms with Crippen molar-refractivity contribution in [1.82, 2.24) is 4.98 Å². The van der Waals surface area contributed by atoms with E-state index in [1.807, 2.05) is 30.3 Å². The third-order valence-corrected chi connectivity index (χ3v) is 3.25. The smallest absolute Gasteiger partial charge is 0.398 e. The summed E-state index contributed by atoms with van der Waals surface area (Å²) in [5, 5.41) is 0.965. The van der Waals surface area contributed by atoms with Crippen molar-refractivity contribution >= 4 is 16.6 Å². The molecule has 1 aromatic heterocycles. The predicted molar refractivity (Wildman–Crippen MR) is 76.6 cm³/mol. The van der Waals surface area contributed by atoms with Gasteiger partial charge in [0.1, 0.15) is 0 Å². The second kappa shape index (κ2) is 4.77. The molecule has 0 radical (unpaired) electrons. The van der Waals surface area contributed by atoms with Crippen LogP contribution in [0.5, 0.6) is 0 Å². The molecule has 2 aromatic carbocycles. The number of rotatable bonds is 1. The van der Waals surface area contributed by atoms with Crippen LogP contribution >= 0.6 is 0 Å². The number of halogens is 3. The molecule has 2 nitrogen and oxygen atoms in total. The SMILES string of the molecule is Nc1cc(C(F)(F)F)ccc1-c1ccc2ccccc2n1. The van der Waals surface area contributed by atoms with Crippen LogP contribution < -0.4 is 5.73 Å². The molecule has 3 rings (SSSR count). The molecule has 2 N–H and O–H groups in total. The topological polar surface area (TPSA) is 38.9 Å². The Bertz CT molecular complexity index is 810. The highest BCUT2D eigenvalue weighted by Gasteiger charge is 2.30. The minimum Gasteiger partial charge on any atom is -0.398 e. The standard InChI is InChI=1S/C16H11F3N2/c17-16(18,19)11-6-7-12(13(20)9-11)15-8-5-10-3-1-2-4-14(10)21-15/h1-9H,20H2. The maximum absolute atomic E-state index is 12.6. The fourth-order valence-corrected chi connectivity index (χ4v) is 2.19. The first kappa shape index (κ1) is 13.4. The first-order chi connectivity index (χ1) is 9.95. The molecule has 1 heterocycles. The van der Waals surface area contributed by atoms with E-state index in [-0.39, 0.29) is 5.69 Å². The lowest BCUT2D eigenvalue weighted by Crippen LogP contribution is -2.06. The summed E-state index contributed by atoms with van der Waals surface area (Å²) in [5.41, 5.74) is 6.88. The molecule has 0 bridgehead atoms. The summed E-state index contributed by atoms with van der Waals surface area (Å²) >= 11 is 0. The van der Waals surface area contributed by atoms with Crippen molar-refractivity contribution in [3.63, 3.8) is 0 Å². The minimum atomic E-state index is -4.40. The fourth-order valence-electron chi connectivity index (χ4n) is 2.19. The Labute approximate surface area is 119 Å². The zero-order chi connectivity index (χ0) is 15.0. The first-order valence-electron chi connectivity index (χ1n) is 6.28. The number of nitrogen functional groups attached to an aromatic ring is 1. The summed E-state index contributed by atoms with van der Waals surface area (Å²) in [5.74, 6) is 0. The maximum Gasteiger partial charge on any atom is 0.416 e. The van der Waals surface area contributed by atoms with Crippen molar-refractivity contribution < 1.29 is 13.2 Å². The summed E-state index contributed by atoms with van der Waals surface area (Å²) in [6.07, 6.45) is -4.40. The lowest BCUT2D eigenvalue weighted by atomic mass is 10.0. The Morgan fingerprint density at radius 3 is 2.38 bits per heavy atom. The number of alkyl halides is 3. The first-order valence-corrected chi connectivity index (χ1v) is 6.28. The number of hydrogen-bond donors (Lipinski definition) is 1. The van der Waals surface area contributed by atoms with Crippen molar-refractivity contribution in [3.05, 3.63) is 60.2 Å². The van der Waals surface area contributed by atoms with Crippen LogP contribution in [0.15, 0.2) is 54.6 Å². The molecule has 0 aliphatic heterocycles. The lowest BCUT2D eigenvalue weighted by Gasteiger charge is -2.11. The Morgan fingerprint density at radius 1 is 0.905 bits per heavy atom. The predicted octanol–water partition coefficient (Wildman–Crippen LogP) is 4.50. The summed E-state index contributed by atoms with van der Waals surface area (Å²) in [7, 11) is 0. The van der Waals surface area contributed by atoms with Gasteiger partial charge in [0.25, 0.3) is 0 Å². The molecule has 0 amide bonds. The summed E-state index contributed by atoms with van der Waals surface area (Å²) in [6, 6.07) is 14.5. The number of nitrogens with two attached hydrogens (primary N) is 1. The van der Waals surface area contributed by atoms with Crippen molar-refractivity contribution in [3.8, 4) is 11.3 Å². The zero-order valence-corrected chi connectivity index (χ0v) is 10.9. The molecular formula is C16H11F3N2. The Hall–Kier alpha value is -2.56. The Morgan fingerprint density at radius 2 is 1.67 bits per heavy atom. The largest absolute Gasteiger partial charge is 0.416 e. The molecule has 0 saturated heterocycles. The van der Waals surface area contributed by atoms with Crippen molar-refractivity contribution in [2.45, 2.75) is 6.18 Å². The molecule has 5 heteroatoms. The van der Waals surface area contributed by atoms with Crippen LogP contribution in [0.1, 0.15) is 5.56 Å². The molecule has 0 spiro atoms. The zero-order valence-electron chi connectivity index (χ0n) is 10.9. The van der Waals surface area contributed by atoms with E-state index >= 15 is 0 Å². The third-order valence-electron chi connectivity index (χ3n) is 3.25. The van der Waals surface area contributed by atoms with E-state index in [2.05, 4.69) is 4.98 Å². The van der Waals surface area contributed by atoms with E-state index in [9.17, 15) is 13.2 Å². The van der Waals surface area contributed by atoms with E-state index in [4.69, 9.17) is 5.73 Å². The second-order valence-electron chi connectivity index (χ2n) is 4.69. The van der Waals surface area contributed by atoms with Gasteiger partial charge in [-0.15, -0.1) is 0 Å². The molecule has 0 saturated carbocycles. The normalized spacial score (nSPS) is 11.8. The van der Waals surface area contributed by atoms with Crippen molar-refractivity contribution in [2.75, 3.05) is 5.73 Å². The minimum absolute atomic E-state index is 0.0626. The van der Waals surface area contributed by atoms with Crippen molar-refractivity contribution in [1.29, 1.82) is 0 Å². The number of benzene rings is 2. The van der Waals surface area contributed by atoms with Crippen LogP contribution in [-0.4, -0.2) is 4.98 Å². The molecule has 106 valence electrons. The van der Waals surface area contributed by atoms with Gasteiger partial charge >= 0.3 is 6.18 Å². The molecule has 0 unspecified atom stereocenters. The molecule has 21 heavy (non-hydrogen) atoms. The number of pyridine rings is 1. The van der Waals surface area contributed by atoms with Gasteiger partial charge in [-0.25, -0.2) is 4.98 Å². The van der Waals surface area contributed by atoms with Crippen LogP contribution in [-0.2, 0) is 6.18 Å². The molecule has 0 fully saturated rings. The van der Waals surface area contributed by atoms with Gasteiger partial charge in [0, 0.05) is 16.6 Å². The van der Waals surface area contributed by atoms with Crippen LogP contribution in [0.2, 0.25) is 0 Å². The van der Waals surface area contributed by atoms with E-state index in [1.165, 1.54) is 6.07 Å². The molecule has 0 aliphatic rings. The number of anilines is 1. The maximum atomic E-state index is 12.6. The van der Waals surface area contributed by atoms with E-state index in [0.717, 1.165) is 23.0 Å². The number of nitrogens with zero attached hydrogens (tertiary/aromatic N) is 1. The highest BCUT2D eigenvalue weighted by Crippen LogP contribution is 2.34. The number of para-hydroxylation sites is 1. The monoisotopic (exact) mass is 288 g/mol. The van der Waals surface area contributed by atoms with Gasteiger partial charge in [0.15, 0.2) is 0 Å². The number of aromatic nitrogens is 1. The van der Waals surface area contributed by atoms with Crippen LogP contribution in [0, 0.1) is 0 Å². The Kier molecular flexibility index (Phi) is 3.05. The van der Waals surface area contributed by atoms with Gasteiger partial charge in [0.2, 0.25) is 0 Å². The number of hydrogen-bond acceptors (Lipinski definition) is 2. The number of fused-ring (bicyclic) bond motifs is 1.